The molecule has 1 aliphatic rings. The summed E-state index contributed by atoms with van der Waals surface area (Å²) in [5, 5.41) is 2.88. The number of hydrogen-bond donors (Lipinski definition) is 2. The van der Waals surface area contributed by atoms with Crippen LogP contribution in [0.5, 0.6) is 0 Å². The third kappa shape index (κ3) is 7.41. The molecule has 6 heteroatoms. The molecule has 0 aromatic rings. The van der Waals surface area contributed by atoms with Crippen LogP contribution in [0.2, 0.25) is 0 Å². The van der Waals surface area contributed by atoms with E-state index in [2.05, 4.69) is 17.1 Å². The second-order valence-corrected chi connectivity index (χ2v) is 4.75. The Kier molecular flexibility index (Phi) is 12.2. The summed E-state index contributed by atoms with van der Waals surface area (Å²) in [6, 6.07) is -0.387. The molecule has 110 valence electrons. The smallest absolute Gasteiger partial charge is 0.236 e. The van der Waals surface area contributed by atoms with Gasteiger partial charge in [0.05, 0.1) is 6.04 Å². The second kappa shape index (κ2) is 10.9. The highest BCUT2D eigenvalue weighted by atomic mass is 35.5. The van der Waals surface area contributed by atoms with E-state index in [1.54, 1.807) is 6.92 Å². The molecule has 1 heterocycles. The average molecular weight is 300 g/mol. The minimum absolute atomic E-state index is 0. The molecular formula is C12H27Cl2N3O. The Balaban J connectivity index is 0. The van der Waals surface area contributed by atoms with Gasteiger partial charge in [-0.3, -0.25) is 4.79 Å². The van der Waals surface area contributed by atoms with Gasteiger partial charge in [0.15, 0.2) is 0 Å². The van der Waals surface area contributed by atoms with Gasteiger partial charge in [-0.05, 0) is 51.7 Å². The number of hydrogen-bond acceptors (Lipinski definition) is 3. The van der Waals surface area contributed by atoms with Gasteiger partial charge in [0.2, 0.25) is 5.91 Å². The number of halogens is 2. The van der Waals surface area contributed by atoms with Crippen LogP contribution in [0.1, 0.15) is 33.1 Å². The van der Waals surface area contributed by atoms with Crippen molar-refractivity contribution in [2.75, 3.05) is 26.2 Å². The van der Waals surface area contributed by atoms with Gasteiger partial charge in [0, 0.05) is 6.54 Å². The number of likely N-dealkylation sites (tertiary alicyclic amines) is 1. The summed E-state index contributed by atoms with van der Waals surface area (Å²) in [7, 11) is 0. The Morgan fingerprint density at radius 2 is 1.94 bits per heavy atom. The van der Waals surface area contributed by atoms with E-state index in [4.69, 9.17) is 5.73 Å². The van der Waals surface area contributed by atoms with Crippen LogP contribution in [-0.4, -0.2) is 43.0 Å². The lowest BCUT2D eigenvalue weighted by atomic mass is 9.93. The number of amides is 1. The lowest BCUT2D eigenvalue weighted by Crippen LogP contribution is -2.40. The van der Waals surface area contributed by atoms with Crippen molar-refractivity contribution in [1.29, 1.82) is 0 Å². The summed E-state index contributed by atoms with van der Waals surface area (Å²) in [6.45, 7) is 8.29. The molecule has 18 heavy (non-hydrogen) atoms. The van der Waals surface area contributed by atoms with Gasteiger partial charge in [-0.1, -0.05) is 6.92 Å². The molecule has 1 amide bonds. The maximum absolute atomic E-state index is 11.2. The Labute approximate surface area is 123 Å². The largest absolute Gasteiger partial charge is 0.355 e. The van der Waals surface area contributed by atoms with Crippen molar-refractivity contribution in [3.05, 3.63) is 0 Å². The maximum Gasteiger partial charge on any atom is 0.236 e. The SMILES string of the molecule is CCN1CCC(CCNC(=O)[C@@H](C)N)CC1.Cl.Cl. The summed E-state index contributed by atoms with van der Waals surface area (Å²) in [5.74, 6) is 0.738. The molecule has 3 N–H and O–H groups in total. The average Bonchev–Trinajstić information content (AvgIpc) is 2.29. The van der Waals surface area contributed by atoms with Crippen LogP contribution >= 0.6 is 24.8 Å². The number of nitrogens with one attached hydrogen (secondary N) is 1. The van der Waals surface area contributed by atoms with E-state index in [0.29, 0.717) is 0 Å². The summed E-state index contributed by atoms with van der Waals surface area (Å²) >= 11 is 0. The van der Waals surface area contributed by atoms with Crippen LogP contribution in [0.15, 0.2) is 0 Å². The first-order valence-corrected chi connectivity index (χ1v) is 6.39. The number of carbonyl (C=O) groups is 1. The Bertz CT molecular complexity index is 219. The monoisotopic (exact) mass is 299 g/mol. The van der Waals surface area contributed by atoms with E-state index in [9.17, 15) is 4.79 Å². The van der Waals surface area contributed by atoms with Crippen LogP contribution in [0.3, 0.4) is 0 Å². The van der Waals surface area contributed by atoms with Crippen LogP contribution in [-0.2, 0) is 4.79 Å². The van der Waals surface area contributed by atoms with E-state index < -0.39 is 0 Å². The molecule has 0 spiro atoms. The molecule has 1 rings (SSSR count). The Hall–Kier alpha value is -0.0300. The molecule has 1 saturated heterocycles. The van der Waals surface area contributed by atoms with Crippen molar-refractivity contribution < 1.29 is 4.79 Å². The van der Waals surface area contributed by atoms with Crippen molar-refractivity contribution in [1.82, 2.24) is 10.2 Å². The van der Waals surface area contributed by atoms with Crippen molar-refractivity contribution in [2.45, 2.75) is 39.2 Å². The van der Waals surface area contributed by atoms with E-state index in [1.807, 2.05) is 0 Å². The molecule has 1 aliphatic heterocycles. The number of carbonyl (C=O) groups excluding carboxylic acids is 1. The fourth-order valence-electron chi connectivity index (χ4n) is 2.15. The molecule has 0 unspecified atom stereocenters. The van der Waals surface area contributed by atoms with E-state index in [1.165, 1.54) is 25.9 Å². The van der Waals surface area contributed by atoms with Gasteiger partial charge in [-0.2, -0.15) is 0 Å². The Morgan fingerprint density at radius 3 is 2.39 bits per heavy atom. The van der Waals surface area contributed by atoms with Crippen molar-refractivity contribution in [3.63, 3.8) is 0 Å². The van der Waals surface area contributed by atoms with Crippen molar-refractivity contribution >= 4 is 30.7 Å². The number of piperidine rings is 1. The van der Waals surface area contributed by atoms with Gasteiger partial charge >= 0.3 is 0 Å². The minimum Gasteiger partial charge on any atom is -0.355 e. The summed E-state index contributed by atoms with van der Waals surface area (Å²) in [6.07, 6.45) is 3.62. The quantitative estimate of drug-likeness (QED) is 0.807. The molecule has 0 radical (unpaired) electrons. The lowest BCUT2D eigenvalue weighted by molar-refractivity contribution is -0.122. The molecule has 1 atom stereocenters. The predicted octanol–water partition coefficient (Wildman–Crippen LogP) is 1.42. The normalized spacial score (nSPS) is 18.4. The van der Waals surface area contributed by atoms with Gasteiger partial charge in [-0.25, -0.2) is 0 Å². The fraction of sp³-hybridized carbons (Fsp3) is 0.917. The van der Waals surface area contributed by atoms with Crippen LogP contribution in [0.25, 0.3) is 0 Å². The third-order valence-electron chi connectivity index (χ3n) is 3.42. The highest BCUT2D eigenvalue weighted by Crippen LogP contribution is 2.19. The second-order valence-electron chi connectivity index (χ2n) is 4.75. The summed E-state index contributed by atoms with van der Waals surface area (Å²) in [4.78, 5) is 13.7. The van der Waals surface area contributed by atoms with Gasteiger partial charge < -0.3 is 16.0 Å². The third-order valence-corrected chi connectivity index (χ3v) is 3.42. The first-order valence-electron chi connectivity index (χ1n) is 6.39. The highest BCUT2D eigenvalue weighted by molar-refractivity contribution is 5.85. The summed E-state index contributed by atoms with van der Waals surface area (Å²) < 4.78 is 0. The zero-order valence-corrected chi connectivity index (χ0v) is 13.0. The molecule has 4 nitrogen and oxygen atoms in total. The zero-order chi connectivity index (χ0) is 12.0. The van der Waals surface area contributed by atoms with Gasteiger partial charge in [0.25, 0.3) is 0 Å². The molecular weight excluding hydrogens is 273 g/mol. The molecule has 0 aliphatic carbocycles. The molecule has 0 bridgehead atoms. The minimum atomic E-state index is -0.387. The van der Waals surface area contributed by atoms with Crippen LogP contribution in [0, 0.1) is 5.92 Å². The molecule has 0 saturated carbocycles. The topological polar surface area (TPSA) is 58.4 Å². The van der Waals surface area contributed by atoms with E-state index >= 15 is 0 Å². The van der Waals surface area contributed by atoms with Crippen LogP contribution in [0.4, 0.5) is 0 Å². The molecule has 1 fully saturated rings. The summed E-state index contributed by atoms with van der Waals surface area (Å²) in [5.41, 5.74) is 5.47. The number of nitrogens with zero attached hydrogens (tertiary/aromatic N) is 1. The standard InChI is InChI=1S/C12H25N3O.2ClH/c1-3-15-8-5-11(6-9-15)4-7-14-12(16)10(2)13;;/h10-11H,3-9,13H2,1-2H3,(H,14,16);2*1H/t10-;;/m1../s1. The zero-order valence-electron chi connectivity index (χ0n) is 11.4. The van der Waals surface area contributed by atoms with E-state index in [0.717, 1.165) is 25.4 Å². The van der Waals surface area contributed by atoms with Crippen molar-refractivity contribution in [3.8, 4) is 0 Å². The lowest BCUT2D eigenvalue weighted by Gasteiger charge is -2.31. The number of rotatable bonds is 5. The first-order chi connectivity index (χ1) is 7.63. The molecule has 0 aromatic carbocycles. The molecule has 0 aromatic heterocycles. The number of nitrogens with two attached hydrogens (primary N) is 1. The first kappa shape index (κ1) is 20.3. The Morgan fingerprint density at radius 1 is 1.39 bits per heavy atom. The predicted molar refractivity (Wildman–Crippen MR) is 80.6 cm³/mol. The highest BCUT2D eigenvalue weighted by Gasteiger charge is 2.17. The van der Waals surface area contributed by atoms with Crippen LogP contribution < -0.4 is 11.1 Å². The van der Waals surface area contributed by atoms with Crippen molar-refractivity contribution in [2.24, 2.45) is 11.7 Å². The van der Waals surface area contributed by atoms with Gasteiger partial charge in [-0.15, -0.1) is 24.8 Å². The van der Waals surface area contributed by atoms with Gasteiger partial charge in [0.1, 0.15) is 0 Å². The fourth-order valence-corrected chi connectivity index (χ4v) is 2.15. The maximum atomic E-state index is 11.2. The van der Waals surface area contributed by atoms with E-state index in [-0.39, 0.29) is 36.8 Å².